The summed E-state index contributed by atoms with van der Waals surface area (Å²) in [5.74, 6) is -1.09. The first-order valence-electron chi connectivity index (χ1n) is 12.3. The number of benzene rings is 2. The molecule has 0 spiro atoms. The molecule has 2 aromatic carbocycles. The molecule has 1 aliphatic heterocycles. The molecule has 0 bridgehead atoms. The number of hydrogen-bond acceptors (Lipinski definition) is 8. The number of nitrogens with zero attached hydrogens (tertiary/aromatic N) is 1. The standard InChI is InChI=1S/C26H30F3N3O8S/c1-25(2,3)40-24(35)31-17-8-9-21-20(13-17)32(15-18(39-21)14-22(33)30-11-10-23(34)38-4)41(36,37)19-7-5-6-16(12-19)26(27,28)29/h5-9,12-13,18H,10-11,14-15H2,1-4H3,(H,30,33)(H,31,35)/t18-/m0/s1. The van der Waals surface area contributed by atoms with Gasteiger partial charge in [-0.1, -0.05) is 6.07 Å². The SMILES string of the molecule is COC(=O)CCNC(=O)C[C@H]1CN(S(=O)(=O)c2cccc(C(F)(F)F)c2)c2cc(NC(=O)OC(C)(C)C)ccc2O1. The second kappa shape index (κ2) is 12.2. The van der Waals surface area contributed by atoms with Gasteiger partial charge in [-0.25, -0.2) is 13.2 Å². The second-order valence-corrected chi connectivity index (χ2v) is 11.9. The summed E-state index contributed by atoms with van der Waals surface area (Å²) in [4.78, 5) is 35.4. The highest BCUT2D eigenvalue weighted by Crippen LogP contribution is 2.40. The number of methoxy groups -OCH3 is 1. The number of halogens is 3. The lowest BCUT2D eigenvalue weighted by Crippen LogP contribution is -2.45. The molecule has 1 atom stereocenters. The smallest absolute Gasteiger partial charge is 0.416 e. The van der Waals surface area contributed by atoms with E-state index in [1.54, 1.807) is 20.8 Å². The number of carbonyl (C=O) groups excluding carboxylic acids is 3. The Morgan fingerprint density at radius 1 is 1.10 bits per heavy atom. The van der Waals surface area contributed by atoms with Crippen molar-refractivity contribution in [1.82, 2.24) is 5.32 Å². The summed E-state index contributed by atoms with van der Waals surface area (Å²) in [7, 11) is -3.42. The number of alkyl halides is 3. The molecule has 0 unspecified atom stereocenters. The van der Waals surface area contributed by atoms with Crippen molar-refractivity contribution in [2.45, 2.75) is 56.4 Å². The first-order chi connectivity index (χ1) is 19.0. The number of ether oxygens (including phenoxy) is 3. The zero-order valence-electron chi connectivity index (χ0n) is 22.7. The summed E-state index contributed by atoms with van der Waals surface area (Å²) in [6, 6.07) is 7.31. The number of nitrogens with one attached hydrogen (secondary N) is 2. The quantitative estimate of drug-likeness (QED) is 0.432. The zero-order valence-corrected chi connectivity index (χ0v) is 23.5. The van der Waals surface area contributed by atoms with Crippen LogP contribution in [0.2, 0.25) is 0 Å². The molecule has 1 heterocycles. The van der Waals surface area contributed by atoms with Gasteiger partial charge in [-0.15, -0.1) is 0 Å². The molecule has 224 valence electrons. The van der Waals surface area contributed by atoms with Gasteiger partial charge >= 0.3 is 18.2 Å². The largest absolute Gasteiger partial charge is 0.486 e. The van der Waals surface area contributed by atoms with Crippen LogP contribution in [0.5, 0.6) is 5.75 Å². The third-order valence-corrected chi connectivity index (χ3v) is 7.35. The highest BCUT2D eigenvalue weighted by atomic mass is 32.2. The number of esters is 1. The molecule has 3 rings (SSSR count). The van der Waals surface area contributed by atoms with Crippen LogP contribution in [-0.4, -0.2) is 58.3 Å². The Balaban J connectivity index is 1.95. The van der Waals surface area contributed by atoms with Crippen molar-refractivity contribution < 1.29 is 50.2 Å². The number of sulfonamides is 1. The van der Waals surface area contributed by atoms with E-state index in [1.165, 1.54) is 25.3 Å². The molecule has 0 aromatic heterocycles. The lowest BCUT2D eigenvalue weighted by molar-refractivity contribution is -0.140. The molecule has 1 aliphatic rings. The van der Waals surface area contributed by atoms with Crippen LogP contribution in [0.15, 0.2) is 47.4 Å². The summed E-state index contributed by atoms with van der Waals surface area (Å²) >= 11 is 0. The van der Waals surface area contributed by atoms with Crippen molar-refractivity contribution in [3.8, 4) is 5.75 Å². The lowest BCUT2D eigenvalue weighted by Gasteiger charge is -2.35. The molecule has 41 heavy (non-hydrogen) atoms. The minimum absolute atomic E-state index is 0.00824. The van der Waals surface area contributed by atoms with E-state index in [2.05, 4.69) is 15.4 Å². The number of hydrogen-bond donors (Lipinski definition) is 2. The van der Waals surface area contributed by atoms with E-state index in [0.717, 1.165) is 22.5 Å². The summed E-state index contributed by atoms with van der Waals surface area (Å²) < 4.78 is 83.9. The number of fused-ring (bicyclic) bond motifs is 1. The van der Waals surface area contributed by atoms with E-state index in [-0.39, 0.29) is 36.5 Å². The Kier molecular flexibility index (Phi) is 9.41. The maximum Gasteiger partial charge on any atom is 0.416 e. The van der Waals surface area contributed by atoms with Crippen molar-refractivity contribution >= 4 is 39.4 Å². The Labute approximate surface area is 235 Å². The van der Waals surface area contributed by atoms with Gasteiger partial charge in [0.2, 0.25) is 5.91 Å². The fraction of sp³-hybridized carbons (Fsp3) is 0.423. The van der Waals surface area contributed by atoms with E-state index >= 15 is 0 Å². The number of amides is 2. The molecule has 2 amide bonds. The van der Waals surface area contributed by atoms with Gasteiger partial charge in [0.15, 0.2) is 0 Å². The summed E-state index contributed by atoms with van der Waals surface area (Å²) in [5.41, 5.74) is -1.91. The van der Waals surface area contributed by atoms with Crippen LogP contribution >= 0.6 is 0 Å². The third-order valence-electron chi connectivity index (χ3n) is 5.58. The first-order valence-corrected chi connectivity index (χ1v) is 13.8. The Hall–Kier alpha value is -4.01. The van der Waals surface area contributed by atoms with E-state index in [4.69, 9.17) is 9.47 Å². The van der Waals surface area contributed by atoms with Crippen molar-refractivity contribution in [2.75, 3.05) is 29.8 Å². The average Bonchev–Trinajstić information content (AvgIpc) is 2.86. The van der Waals surface area contributed by atoms with Crippen LogP contribution in [-0.2, 0) is 35.3 Å². The number of rotatable bonds is 8. The molecule has 0 radical (unpaired) electrons. The molecule has 2 N–H and O–H groups in total. The molecular weight excluding hydrogens is 571 g/mol. The third kappa shape index (κ3) is 8.49. The van der Waals surface area contributed by atoms with Gasteiger partial charge in [0.05, 0.1) is 42.6 Å². The summed E-state index contributed by atoms with van der Waals surface area (Å²) in [6.07, 6.45) is -7.05. The first kappa shape index (κ1) is 31.5. The zero-order chi connectivity index (χ0) is 30.6. The van der Waals surface area contributed by atoms with E-state index in [9.17, 15) is 36.0 Å². The molecule has 11 nitrogen and oxygen atoms in total. The number of carbonyl (C=O) groups is 3. The maximum absolute atomic E-state index is 13.7. The fourth-order valence-electron chi connectivity index (χ4n) is 3.79. The van der Waals surface area contributed by atoms with Gasteiger partial charge in [0.1, 0.15) is 17.5 Å². The van der Waals surface area contributed by atoms with E-state index in [0.29, 0.717) is 6.07 Å². The van der Waals surface area contributed by atoms with Crippen molar-refractivity contribution in [1.29, 1.82) is 0 Å². The summed E-state index contributed by atoms with van der Waals surface area (Å²) in [5, 5.41) is 4.98. The molecule has 0 fully saturated rings. The van der Waals surface area contributed by atoms with E-state index < -0.39 is 62.9 Å². The van der Waals surface area contributed by atoms with Crippen molar-refractivity contribution in [2.24, 2.45) is 0 Å². The average molecular weight is 602 g/mol. The Morgan fingerprint density at radius 3 is 2.44 bits per heavy atom. The molecule has 2 aromatic rings. The minimum atomic E-state index is -4.79. The van der Waals surface area contributed by atoms with Crippen LogP contribution in [0.4, 0.5) is 29.3 Å². The van der Waals surface area contributed by atoms with Crippen molar-refractivity contribution in [3.05, 3.63) is 48.0 Å². The predicted octanol–water partition coefficient (Wildman–Crippen LogP) is 4.08. The van der Waals surface area contributed by atoms with Gasteiger partial charge in [0.25, 0.3) is 10.0 Å². The van der Waals surface area contributed by atoms with Gasteiger partial charge in [0, 0.05) is 12.2 Å². The molecule has 0 saturated carbocycles. The van der Waals surface area contributed by atoms with Gasteiger partial charge in [-0.2, -0.15) is 13.2 Å². The maximum atomic E-state index is 13.7. The van der Waals surface area contributed by atoms with Crippen LogP contribution < -0.4 is 19.7 Å². The molecular formula is C26H30F3N3O8S. The highest BCUT2D eigenvalue weighted by molar-refractivity contribution is 7.92. The molecule has 15 heteroatoms. The van der Waals surface area contributed by atoms with Crippen LogP contribution in [0, 0.1) is 0 Å². The second-order valence-electron chi connectivity index (χ2n) is 9.99. The van der Waals surface area contributed by atoms with Gasteiger partial charge < -0.3 is 19.5 Å². The molecule has 0 saturated heterocycles. The lowest BCUT2D eigenvalue weighted by atomic mass is 10.1. The van der Waals surface area contributed by atoms with Crippen LogP contribution in [0.1, 0.15) is 39.2 Å². The topological polar surface area (TPSA) is 140 Å². The Bertz CT molecular complexity index is 1410. The Morgan fingerprint density at radius 2 is 1.80 bits per heavy atom. The normalized spacial score (nSPS) is 15.3. The summed E-state index contributed by atoms with van der Waals surface area (Å²) in [6.45, 7) is 4.50. The monoisotopic (exact) mass is 601 g/mol. The van der Waals surface area contributed by atoms with E-state index in [1.807, 2.05) is 0 Å². The predicted molar refractivity (Wildman–Crippen MR) is 141 cm³/mol. The van der Waals surface area contributed by atoms with Crippen molar-refractivity contribution in [3.63, 3.8) is 0 Å². The highest BCUT2D eigenvalue weighted by Gasteiger charge is 2.38. The molecule has 0 aliphatic carbocycles. The van der Waals surface area contributed by atoms with Crippen LogP contribution in [0.3, 0.4) is 0 Å². The van der Waals surface area contributed by atoms with Gasteiger partial charge in [-0.3, -0.25) is 19.2 Å². The minimum Gasteiger partial charge on any atom is -0.486 e. The van der Waals surface area contributed by atoms with Crippen LogP contribution in [0.25, 0.3) is 0 Å². The number of anilines is 2. The fourth-order valence-corrected chi connectivity index (χ4v) is 5.34. The van der Waals surface area contributed by atoms with Gasteiger partial charge in [-0.05, 0) is 57.2 Å².